The van der Waals surface area contributed by atoms with E-state index >= 15 is 0 Å². The monoisotopic (exact) mass is 242 g/mol. The summed E-state index contributed by atoms with van der Waals surface area (Å²) in [5.41, 5.74) is 2.27. The third-order valence-electron chi connectivity index (χ3n) is 3.99. The van der Waals surface area contributed by atoms with Crippen molar-refractivity contribution in [2.75, 3.05) is 5.32 Å². The Morgan fingerprint density at radius 3 is 2.50 bits per heavy atom. The number of rotatable bonds is 4. The van der Waals surface area contributed by atoms with E-state index in [1.54, 1.807) is 0 Å². The highest BCUT2D eigenvalue weighted by molar-refractivity contribution is 5.45. The molecule has 1 aromatic rings. The van der Waals surface area contributed by atoms with Gasteiger partial charge in [0.25, 0.3) is 0 Å². The van der Waals surface area contributed by atoms with Crippen molar-refractivity contribution in [1.29, 1.82) is 5.26 Å². The van der Waals surface area contributed by atoms with E-state index in [-0.39, 0.29) is 0 Å². The van der Waals surface area contributed by atoms with Gasteiger partial charge in [-0.2, -0.15) is 5.26 Å². The second kappa shape index (κ2) is 6.44. The van der Waals surface area contributed by atoms with Crippen molar-refractivity contribution < 1.29 is 0 Å². The molecule has 1 aliphatic rings. The van der Waals surface area contributed by atoms with Crippen LogP contribution in [0, 0.1) is 17.2 Å². The summed E-state index contributed by atoms with van der Waals surface area (Å²) in [5.74, 6) is 0.817. The molecule has 0 amide bonds. The summed E-state index contributed by atoms with van der Waals surface area (Å²) in [6.07, 6.45) is 7.40. The fourth-order valence-corrected chi connectivity index (χ4v) is 2.83. The Kier molecular flexibility index (Phi) is 4.64. The molecule has 1 saturated carbocycles. The number of nitriles is 1. The Bertz CT molecular complexity index is 396. The first-order valence-electron chi connectivity index (χ1n) is 7.02. The van der Waals surface area contributed by atoms with Crippen LogP contribution in [0.15, 0.2) is 24.3 Å². The van der Waals surface area contributed by atoms with Crippen LogP contribution in [-0.4, -0.2) is 6.04 Å². The Labute approximate surface area is 110 Å². The number of hydrogen-bond acceptors (Lipinski definition) is 2. The molecule has 1 unspecified atom stereocenters. The number of benzene rings is 1. The van der Waals surface area contributed by atoms with E-state index in [2.05, 4.69) is 30.4 Å². The molecule has 1 aromatic carbocycles. The van der Waals surface area contributed by atoms with Crippen molar-refractivity contribution in [3.63, 3.8) is 0 Å². The Balaban J connectivity index is 1.90. The smallest absolute Gasteiger partial charge is 0.0669 e. The van der Waals surface area contributed by atoms with Gasteiger partial charge in [-0.05, 0) is 43.4 Å². The first-order valence-corrected chi connectivity index (χ1v) is 7.02. The van der Waals surface area contributed by atoms with Gasteiger partial charge in [0, 0.05) is 11.7 Å². The molecular formula is C16H22N2. The van der Waals surface area contributed by atoms with Crippen LogP contribution in [0.2, 0.25) is 0 Å². The highest BCUT2D eigenvalue weighted by Crippen LogP contribution is 2.28. The molecule has 0 heterocycles. The lowest BCUT2D eigenvalue weighted by Gasteiger charge is -2.29. The molecule has 0 spiro atoms. The molecule has 2 nitrogen and oxygen atoms in total. The van der Waals surface area contributed by atoms with E-state index in [0.717, 1.165) is 11.5 Å². The molecule has 0 aromatic heterocycles. The summed E-state index contributed by atoms with van der Waals surface area (Å²) in [5, 5.41) is 12.2. The number of nitrogens with zero attached hydrogens (tertiary/aromatic N) is 1. The Hall–Kier alpha value is -1.49. The van der Waals surface area contributed by atoms with E-state index in [9.17, 15) is 0 Å². The van der Waals surface area contributed by atoms with Crippen molar-refractivity contribution in [3.8, 4) is 6.07 Å². The molecule has 2 heteroatoms. The lowest BCUT2D eigenvalue weighted by Crippen LogP contribution is -2.27. The minimum absolute atomic E-state index is 0.498. The second-order valence-electron chi connectivity index (χ2n) is 5.36. The summed E-state index contributed by atoms with van der Waals surface area (Å²) in [6.45, 7) is 2.29. The lowest BCUT2D eigenvalue weighted by molar-refractivity contribution is 0.328. The molecule has 1 fully saturated rings. The van der Waals surface area contributed by atoms with Crippen molar-refractivity contribution in [2.24, 2.45) is 5.92 Å². The van der Waals surface area contributed by atoms with Gasteiger partial charge in [-0.25, -0.2) is 0 Å². The Morgan fingerprint density at radius 2 is 1.89 bits per heavy atom. The van der Waals surface area contributed by atoms with Gasteiger partial charge in [-0.15, -0.1) is 0 Å². The van der Waals surface area contributed by atoms with Gasteiger partial charge in [0.05, 0.1) is 12.5 Å². The van der Waals surface area contributed by atoms with Gasteiger partial charge in [0.2, 0.25) is 0 Å². The SMILES string of the molecule is CC(Nc1ccc(CC#N)cc1)C1CCCCC1. The minimum Gasteiger partial charge on any atom is -0.382 e. The maximum Gasteiger partial charge on any atom is 0.0669 e. The molecule has 1 atom stereocenters. The summed E-state index contributed by atoms with van der Waals surface area (Å²) >= 11 is 0. The standard InChI is InChI=1S/C16H22N2/c1-13(15-5-3-2-4-6-15)18-16-9-7-14(8-10-16)11-12-17/h7-10,13,15,18H,2-6,11H2,1H3. The van der Waals surface area contributed by atoms with Gasteiger partial charge in [0.15, 0.2) is 0 Å². The van der Waals surface area contributed by atoms with E-state index in [0.29, 0.717) is 12.5 Å². The summed E-state index contributed by atoms with van der Waals surface area (Å²) in [4.78, 5) is 0. The van der Waals surface area contributed by atoms with Crippen LogP contribution >= 0.6 is 0 Å². The molecule has 0 radical (unpaired) electrons. The van der Waals surface area contributed by atoms with E-state index in [4.69, 9.17) is 5.26 Å². The highest BCUT2D eigenvalue weighted by atomic mass is 14.9. The van der Waals surface area contributed by atoms with Crippen LogP contribution in [0.4, 0.5) is 5.69 Å². The predicted molar refractivity (Wildman–Crippen MR) is 75.4 cm³/mol. The average Bonchev–Trinajstić information content (AvgIpc) is 2.42. The van der Waals surface area contributed by atoms with Crippen molar-refractivity contribution >= 4 is 5.69 Å². The molecule has 2 rings (SSSR count). The summed E-state index contributed by atoms with van der Waals surface area (Å²) < 4.78 is 0. The third-order valence-corrected chi connectivity index (χ3v) is 3.99. The van der Waals surface area contributed by atoms with Crippen LogP contribution in [0.3, 0.4) is 0 Å². The molecule has 0 aliphatic heterocycles. The lowest BCUT2D eigenvalue weighted by atomic mass is 9.84. The topological polar surface area (TPSA) is 35.8 Å². The second-order valence-corrected chi connectivity index (χ2v) is 5.36. The predicted octanol–water partition coefficient (Wildman–Crippen LogP) is 4.13. The molecule has 96 valence electrons. The quantitative estimate of drug-likeness (QED) is 0.861. The molecule has 1 N–H and O–H groups in total. The maximum absolute atomic E-state index is 8.64. The van der Waals surface area contributed by atoms with Crippen LogP contribution in [0.1, 0.15) is 44.6 Å². The van der Waals surface area contributed by atoms with Gasteiger partial charge >= 0.3 is 0 Å². The van der Waals surface area contributed by atoms with Gasteiger partial charge in [0.1, 0.15) is 0 Å². The zero-order chi connectivity index (χ0) is 12.8. The number of anilines is 1. The minimum atomic E-state index is 0.498. The van der Waals surface area contributed by atoms with Crippen LogP contribution in [0.5, 0.6) is 0 Å². The van der Waals surface area contributed by atoms with Crippen LogP contribution < -0.4 is 5.32 Å². The van der Waals surface area contributed by atoms with Gasteiger partial charge in [-0.1, -0.05) is 31.4 Å². The van der Waals surface area contributed by atoms with Gasteiger partial charge < -0.3 is 5.32 Å². The number of hydrogen-bond donors (Lipinski definition) is 1. The van der Waals surface area contributed by atoms with Crippen LogP contribution in [-0.2, 0) is 6.42 Å². The third kappa shape index (κ3) is 3.50. The Morgan fingerprint density at radius 1 is 1.22 bits per heavy atom. The van der Waals surface area contributed by atoms with Crippen molar-refractivity contribution in [1.82, 2.24) is 0 Å². The average molecular weight is 242 g/mol. The largest absolute Gasteiger partial charge is 0.382 e. The highest BCUT2D eigenvalue weighted by Gasteiger charge is 2.19. The van der Waals surface area contributed by atoms with E-state index in [1.807, 2.05) is 12.1 Å². The zero-order valence-electron chi connectivity index (χ0n) is 11.2. The van der Waals surface area contributed by atoms with Crippen LogP contribution in [0.25, 0.3) is 0 Å². The maximum atomic E-state index is 8.64. The van der Waals surface area contributed by atoms with Crippen molar-refractivity contribution in [2.45, 2.75) is 51.5 Å². The van der Waals surface area contributed by atoms with Gasteiger partial charge in [-0.3, -0.25) is 0 Å². The van der Waals surface area contributed by atoms with Crippen molar-refractivity contribution in [3.05, 3.63) is 29.8 Å². The molecule has 1 aliphatic carbocycles. The van der Waals surface area contributed by atoms with E-state index < -0.39 is 0 Å². The fraction of sp³-hybridized carbons (Fsp3) is 0.562. The first-order chi connectivity index (χ1) is 8.79. The zero-order valence-corrected chi connectivity index (χ0v) is 11.2. The molecule has 0 bridgehead atoms. The van der Waals surface area contributed by atoms with E-state index in [1.165, 1.54) is 37.8 Å². The number of nitrogens with one attached hydrogen (secondary N) is 1. The normalized spacial score (nSPS) is 18.0. The first kappa shape index (κ1) is 13.0. The fourth-order valence-electron chi connectivity index (χ4n) is 2.83. The summed E-state index contributed by atoms with van der Waals surface area (Å²) in [7, 11) is 0. The molecular weight excluding hydrogens is 220 g/mol. The molecule has 0 saturated heterocycles. The molecule has 18 heavy (non-hydrogen) atoms. The summed E-state index contributed by atoms with van der Waals surface area (Å²) in [6, 6.07) is 11.0.